The average Bonchev–Trinajstić information content (AvgIpc) is 2.89. The first kappa shape index (κ1) is 26.5. The Morgan fingerprint density at radius 3 is 1.68 bits per heavy atom. The molecule has 0 bridgehead atoms. The molecule has 34 heavy (non-hydrogen) atoms. The second kappa shape index (κ2) is 15.7. The predicted octanol–water partition coefficient (Wildman–Crippen LogP) is 9.05. The van der Waals surface area contributed by atoms with Crippen LogP contribution in [0.1, 0.15) is 86.5 Å². The molecule has 1 heteroatoms. The van der Waals surface area contributed by atoms with Gasteiger partial charge < -0.3 is 4.74 Å². The second-order valence-corrected chi connectivity index (χ2v) is 10.2. The first-order valence-corrected chi connectivity index (χ1v) is 13.7. The first-order chi connectivity index (χ1) is 16.8. The highest BCUT2D eigenvalue weighted by Gasteiger charge is 2.18. The molecule has 0 aliphatic heterocycles. The van der Waals surface area contributed by atoms with Gasteiger partial charge in [0.1, 0.15) is 0 Å². The van der Waals surface area contributed by atoms with E-state index in [1.165, 1.54) is 92.9 Å². The lowest BCUT2D eigenvalue weighted by Crippen LogP contribution is -2.12. The van der Waals surface area contributed by atoms with Crippen molar-refractivity contribution >= 4 is 0 Å². The van der Waals surface area contributed by atoms with Crippen LogP contribution in [-0.2, 0) is 30.6 Å². The molecule has 1 fully saturated rings. The maximum Gasteiger partial charge on any atom is 0.0717 e. The Morgan fingerprint density at radius 1 is 0.676 bits per heavy atom. The van der Waals surface area contributed by atoms with Gasteiger partial charge in [0, 0.05) is 0 Å². The van der Waals surface area contributed by atoms with Crippen molar-refractivity contribution in [3.05, 3.63) is 96.1 Å². The number of allylic oxidation sites excluding steroid dienone is 1. The third-order valence-electron chi connectivity index (χ3n) is 7.51. The summed E-state index contributed by atoms with van der Waals surface area (Å²) in [4.78, 5) is 0. The van der Waals surface area contributed by atoms with Gasteiger partial charge in [-0.25, -0.2) is 0 Å². The fourth-order valence-corrected chi connectivity index (χ4v) is 5.16. The summed E-state index contributed by atoms with van der Waals surface area (Å²) in [6.07, 6.45) is 20.8. The molecule has 0 spiro atoms. The van der Waals surface area contributed by atoms with E-state index in [9.17, 15) is 0 Å². The van der Waals surface area contributed by atoms with E-state index in [1.807, 2.05) is 6.08 Å². The number of aryl methyl sites for hydroxylation is 3. The molecule has 2 aromatic carbocycles. The molecule has 184 valence electrons. The smallest absolute Gasteiger partial charge is 0.0717 e. The van der Waals surface area contributed by atoms with Crippen molar-refractivity contribution in [2.45, 2.75) is 90.1 Å². The predicted molar refractivity (Wildman–Crippen MR) is 147 cm³/mol. The maximum atomic E-state index is 5.64. The van der Waals surface area contributed by atoms with E-state index in [-0.39, 0.29) is 0 Å². The van der Waals surface area contributed by atoms with Gasteiger partial charge in [-0.15, -0.1) is 13.2 Å². The lowest BCUT2D eigenvalue weighted by molar-refractivity contribution is 0.125. The molecule has 0 saturated heterocycles. The lowest BCUT2D eigenvalue weighted by atomic mass is 9.80. The first-order valence-electron chi connectivity index (χ1n) is 13.7. The van der Waals surface area contributed by atoms with Crippen LogP contribution in [0.4, 0.5) is 0 Å². The average molecular weight is 459 g/mol. The van der Waals surface area contributed by atoms with Gasteiger partial charge >= 0.3 is 0 Å². The normalized spacial score (nSPS) is 18.0. The van der Waals surface area contributed by atoms with Crippen LogP contribution in [0.5, 0.6) is 0 Å². The quantitative estimate of drug-likeness (QED) is 0.180. The number of unbranched alkanes of at least 4 members (excludes halogenated alkanes) is 2. The van der Waals surface area contributed by atoms with Crippen molar-refractivity contribution in [2.24, 2.45) is 11.8 Å². The molecule has 0 heterocycles. The summed E-state index contributed by atoms with van der Waals surface area (Å²) in [7, 11) is 0. The van der Waals surface area contributed by atoms with Gasteiger partial charge in [0.2, 0.25) is 0 Å². The second-order valence-electron chi connectivity index (χ2n) is 10.2. The summed E-state index contributed by atoms with van der Waals surface area (Å²) in [5.74, 6) is 1.76. The Labute approximate surface area is 209 Å². The van der Waals surface area contributed by atoms with Crippen LogP contribution in [0.3, 0.4) is 0 Å². The van der Waals surface area contributed by atoms with Gasteiger partial charge in [0.05, 0.1) is 13.2 Å². The van der Waals surface area contributed by atoms with E-state index in [2.05, 4.69) is 67.8 Å². The third-order valence-corrected chi connectivity index (χ3v) is 7.51. The molecule has 0 N–H and O–H groups in total. The van der Waals surface area contributed by atoms with Crippen molar-refractivity contribution in [1.29, 1.82) is 0 Å². The molecular formula is C33H46O. The van der Waals surface area contributed by atoms with Gasteiger partial charge in [-0.05, 0) is 105 Å². The maximum absolute atomic E-state index is 5.64. The van der Waals surface area contributed by atoms with Crippen molar-refractivity contribution in [1.82, 2.24) is 0 Å². The highest BCUT2D eigenvalue weighted by Crippen LogP contribution is 2.32. The van der Waals surface area contributed by atoms with E-state index in [0.717, 1.165) is 31.3 Å². The van der Waals surface area contributed by atoms with Gasteiger partial charge in [-0.2, -0.15) is 0 Å². The van der Waals surface area contributed by atoms with Crippen LogP contribution in [-0.4, -0.2) is 6.61 Å². The van der Waals surface area contributed by atoms with E-state index in [1.54, 1.807) is 0 Å². The summed E-state index contributed by atoms with van der Waals surface area (Å²) in [6.45, 7) is 9.14. The van der Waals surface area contributed by atoms with Crippen molar-refractivity contribution < 1.29 is 4.74 Å². The molecule has 1 aliphatic carbocycles. The molecule has 0 unspecified atom stereocenters. The van der Waals surface area contributed by atoms with Crippen molar-refractivity contribution in [2.75, 3.05) is 6.61 Å². The Morgan fingerprint density at radius 2 is 1.18 bits per heavy atom. The largest absolute Gasteiger partial charge is 0.376 e. The van der Waals surface area contributed by atoms with Crippen molar-refractivity contribution in [3.8, 4) is 0 Å². The molecule has 0 atom stereocenters. The minimum absolute atomic E-state index is 0.696. The fourth-order valence-electron chi connectivity index (χ4n) is 5.16. The molecule has 1 aliphatic rings. The summed E-state index contributed by atoms with van der Waals surface area (Å²) >= 11 is 0. The molecule has 1 nitrogen and oxygen atoms in total. The number of benzene rings is 2. The SMILES string of the molecule is C=CCCOCc1ccc(CCCCc2ccc(CCCC[C@H]3CC[C@H](C=C)CC3)cc2)cc1. The summed E-state index contributed by atoms with van der Waals surface area (Å²) in [6, 6.07) is 18.4. The van der Waals surface area contributed by atoms with E-state index in [0.29, 0.717) is 6.61 Å². The minimum Gasteiger partial charge on any atom is -0.376 e. The van der Waals surface area contributed by atoms with Crippen LogP contribution in [0, 0.1) is 11.8 Å². The van der Waals surface area contributed by atoms with Crippen molar-refractivity contribution in [3.63, 3.8) is 0 Å². The number of hydrogen-bond acceptors (Lipinski definition) is 1. The van der Waals surface area contributed by atoms with Gasteiger partial charge in [0.25, 0.3) is 0 Å². The van der Waals surface area contributed by atoms with Crippen LogP contribution in [0.2, 0.25) is 0 Å². The van der Waals surface area contributed by atoms with Crippen LogP contribution in [0.25, 0.3) is 0 Å². The molecule has 2 aromatic rings. The minimum atomic E-state index is 0.696. The zero-order valence-electron chi connectivity index (χ0n) is 21.4. The Bertz CT molecular complexity index is 809. The molecule has 3 rings (SSSR count). The van der Waals surface area contributed by atoms with E-state index >= 15 is 0 Å². The monoisotopic (exact) mass is 458 g/mol. The zero-order chi connectivity index (χ0) is 23.8. The highest BCUT2D eigenvalue weighted by atomic mass is 16.5. The molecule has 0 aromatic heterocycles. The Hall–Kier alpha value is -2.12. The van der Waals surface area contributed by atoms with Gasteiger partial charge in [-0.1, -0.05) is 73.5 Å². The molecule has 1 saturated carbocycles. The zero-order valence-corrected chi connectivity index (χ0v) is 21.4. The van der Waals surface area contributed by atoms with Crippen LogP contribution < -0.4 is 0 Å². The van der Waals surface area contributed by atoms with Gasteiger partial charge in [-0.3, -0.25) is 0 Å². The number of ether oxygens (including phenoxy) is 1. The Balaban J connectivity index is 1.24. The third kappa shape index (κ3) is 10.0. The van der Waals surface area contributed by atoms with Crippen LogP contribution in [0.15, 0.2) is 73.8 Å². The number of rotatable bonds is 16. The van der Waals surface area contributed by atoms with Gasteiger partial charge in [0.15, 0.2) is 0 Å². The molecular weight excluding hydrogens is 412 g/mol. The number of hydrogen-bond donors (Lipinski definition) is 0. The lowest BCUT2D eigenvalue weighted by Gasteiger charge is -2.26. The Kier molecular flexibility index (Phi) is 12.2. The summed E-state index contributed by atoms with van der Waals surface area (Å²) in [5.41, 5.74) is 5.67. The molecule has 0 radical (unpaired) electrons. The van der Waals surface area contributed by atoms with E-state index in [4.69, 9.17) is 4.74 Å². The standard InChI is InChI=1S/C33H46O/c1-3-5-26-34-27-33-24-22-32(23-25-33)13-9-8-12-31-20-18-30(19-21-31)11-7-6-10-29-16-14-28(4-2)15-17-29/h3-4,18-25,28-29H,1-2,5-17,26-27H2/t28-,29-. The topological polar surface area (TPSA) is 9.23 Å². The molecule has 0 amide bonds. The van der Waals surface area contributed by atoms with Crippen LogP contribution >= 0.6 is 0 Å². The highest BCUT2D eigenvalue weighted by molar-refractivity contribution is 5.23. The summed E-state index contributed by atoms with van der Waals surface area (Å²) in [5, 5.41) is 0. The summed E-state index contributed by atoms with van der Waals surface area (Å²) < 4.78 is 5.64. The fraction of sp³-hybridized carbons (Fsp3) is 0.515. The van der Waals surface area contributed by atoms with E-state index < -0.39 is 0 Å².